The second-order valence-corrected chi connectivity index (χ2v) is 17.0. The fourth-order valence-corrected chi connectivity index (χ4v) is 10.1. The quantitative estimate of drug-likeness (QED) is 0.239. The highest BCUT2D eigenvalue weighted by molar-refractivity contribution is 6.00. The number of nitrogens with zero attached hydrogens (tertiary/aromatic N) is 1. The molecular formula is C36H56N2O4. The molecule has 1 N–H and O–H groups in total. The van der Waals surface area contributed by atoms with Crippen LogP contribution < -0.4 is 5.32 Å². The summed E-state index contributed by atoms with van der Waals surface area (Å²) >= 11 is 0. The number of ketones is 2. The minimum absolute atomic E-state index is 0.00278. The molecule has 3 aliphatic carbocycles. The van der Waals surface area contributed by atoms with Gasteiger partial charge in [0.1, 0.15) is 12.2 Å². The van der Waals surface area contributed by atoms with Crippen molar-refractivity contribution in [2.75, 3.05) is 7.05 Å². The smallest absolute Gasteiger partial charge is 0.240 e. The third-order valence-electron chi connectivity index (χ3n) is 13.4. The van der Waals surface area contributed by atoms with Gasteiger partial charge in [-0.1, -0.05) is 67.9 Å². The van der Waals surface area contributed by atoms with Crippen molar-refractivity contribution < 1.29 is 19.1 Å². The summed E-state index contributed by atoms with van der Waals surface area (Å²) in [5, 5.41) is 13.0. The molecule has 4 aliphatic rings. The number of carbonyl (C=O) groups is 3. The van der Waals surface area contributed by atoms with E-state index in [4.69, 9.17) is 4.74 Å². The van der Waals surface area contributed by atoms with Crippen molar-refractivity contribution >= 4 is 17.5 Å². The van der Waals surface area contributed by atoms with Crippen LogP contribution in [0.5, 0.6) is 0 Å². The summed E-state index contributed by atoms with van der Waals surface area (Å²) in [5.74, 6) is 0.492. The van der Waals surface area contributed by atoms with Gasteiger partial charge in [-0.2, -0.15) is 5.26 Å². The van der Waals surface area contributed by atoms with Gasteiger partial charge in [0.25, 0.3) is 0 Å². The van der Waals surface area contributed by atoms with Crippen LogP contribution in [0.25, 0.3) is 0 Å². The Morgan fingerprint density at radius 3 is 2.29 bits per heavy atom. The number of Topliss-reactive ketones (excluding diaryl/α,β-unsaturated/α-hetero) is 1. The summed E-state index contributed by atoms with van der Waals surface area (Å²) < 4.78 is 6.12. The molecule has 6 nitrogen and oxygen atoms in total. The summed E-state index contributed by atoms with van der Waals surface area (Å²) in [4.78, 5) is 38.9. The van der Waals surface area contributed by atoms with E-state index >= 15 is 0 Å². The molecule has 0 radical (unpaired) electrons. The number of allylic oxidation sites excluding steroid dienone is 1. The molecular weight excluding hydrogens is 524 g/mol. The molecule has 1 aliphatic heterocycles. The molecule has 0 spiro atoms. The number of hydrogen-bond acceptors (Lipinski definition) is 5. The highest BCUT2D eigenvalue weighted by Gasteiger charge is 2.81. The Balaban J connectivity index is 1.72. The first-order valence-electron chi connectivity index (χ1n) is 16.3. The number of rotatable bonds is 8. The van der Waals surface area contributed by atoms with Crippen molar-refractivity contribution in [3.63, 3.8) is 0 Å². The van der Waals surface area contributed by atoms with Gasteiger partial charge in [0.15, 0.2) is 11.6 Å². The van der Waals surface area contributed by atoms with E-state index in [1.54, 1.807) is 14.0 Å². The lowest BCUT2D eigenvalue weighted by Gasteiger charge is -2.62. The maximum Gasteiger partial charge on any atom is 0.240 e. The first-order valence-corrected chi connectivity index (χ1v) is 16.3. The lowest BCUT2D eigenvalue weighted by Crippen LogP contribution is -2.62. The lowest BCUT2D eigenvalue weighted by atomic mass is 9.40. The molecule has 1 unspecified atom stereocenters. The predicted octanol–water partition coefficient (Wildman–Crippen LogP) is 7.36. The monoisotopic (exact) mass is 580 g/mol. The van der Waals surface area contributed by atoms with Crippen LogP contribution >= 0.6 is 0 Å². The van der Waals surface area contributed by atoms with Crippen molar-refractivity contribution in [3.8, 4) is 6.07 Å². The number of hydrogen-bond donors (Lipinski definition) is 1. The molecule has 1 amide bonds. The lowest BCUT2D eigenvalue weighted by molar-refractivity contribution is -0.142. The fraction of sp³-hybridized carbons (Fsp3) is 0.833. The van der Waals surface area contributed by atoms with Crippen molar-refractivity contribution in [2.24, 2.45) is 44.3 Å². The van der Waals surface area contributed by atoms with Gasteiger partial charge >= 0.3 is 0 Å². The van der Waals surface area contributed by atoms with Gasteiger partial charge in [-0.3, -0.25) is 14.4 Å². The number of fused-ring (bicyclic) bond motifs is 3. The predicted molar refractivity (Wildman–Crippen MR) is 165 cm³/mol. The molecule has 1 saturated heterocycles. The highest BCUT2D eigenvalue weighted by Crippen LogP contribution is 2.73. The number of nitrogens with one attached hydrogen (secondary N) is 1. The van der Waals surface area contributed by atoms with Gasteiger partial charge < -0.3 is 10.1 Å². The van der Waals surface area contributed by atoms with Crippen LogP contribution in [-0.4, -0.2) is 36.2 Å². The van der Waals surface area contributed by atoms with Crippen molar-refractivity contribution in [1.29, 1.82) is 5.26 Å². The molecule has 7 atom stereocenters. The van der Waals surface area contributed by atoms with Crippen LogP contribution in [0.4, 0.5) is 0 Å². The second kappa shape index (κ2) is 10.3. The maximum atomic E-state index is 13.6. The van der Waals surface area contributed by atoms with E-state index in [0.717, 1.165) is 56.9 Å². The van der Waals surface area contributed by atoms with Gasteiger partial charge in [-0.25, -0.2) is 0 Å². The van der Waals surface area contributed by atoms with Crippen molar-refractivity contribution in [1.82, 2.24) is 5.32 Å². The van der Waals surface area contributed by atoms with E-state index in [2.05, 4.69) is 59.9 Å². The Hall–Kier alpha value is -2.00. The van der Waals surface area contributed by atoms with E-state index in [-0.39, 0.29) is 39.6 Å². The maximum absolute atomic E-state index is 13.6. The van der Waals surface area contributed by atoms with E-state index in [1.165, 1.54) is 0 Å². The number of amides is 1. The number of ether oxygens (including phenoxy) is 1. The minimum Gasteiger partial charge on any atom is -0.359 e. The zero-order chi connectivity index (χ0) is 31.7. The van der Waals surface area contributed by atoms with Crippen LogP contribution in [0.1, 0.15) is 127 Å². The molecule has 0 aromatic rings. The van der Waals surface area contributed by atoms with Gasteiger partial charge in [0, 0.05) is 24.3 Å². The Morgan fingerprint density at radius 2 is 1.74 bits per heavy atom. The van der Waals surface area contributed by atoms with Gasteiger partial charge in [0.05, 0.1) is 0 Å². The average Bonchev–Trinajstić information content (AvgIpc) is 3.65. The number of carbonyl (C=O) groups excluding carboxylic acids is 3. The first-order chi connectivity index (χ1) is 19.2. The van der Waals surface area contributed by atoms with Crippen LogP contribution in [0.2, 0.25) is 0 Å². The highest BCUT2D eigenvalue weighted by atomic mass is 16.6. The molecule has 0 aromatic carbocycles. The van der Waals surface area contributed by atoms with E-state index < -0.39 is 22.5 Å². The van der Waals surface area contributed by atoms with Crippen molar-refractivity contribution in [3.05, 3.63) is 11.6 Å². The molecule has 42 heavy (non-hydrogen) atoms. The Labute approximate surface area is 254 Å². The second-order valence-electron chi connectivity index (χ2n) is 17.0. The van der Waals surface area contributed by atoms with E-state index in [9.17, 15) is 19.6 Å². The summed E-state index contributed by atoms with van der Waals surface area (Å²) in [7, 11) is 1.72. The normalized spacial score (nSPS) is 41.3. The van der Waals surface area contributed by atoms with Crippen LogP contribution in [0, 0.1) is 55.7 Å². The third-order valence-corrected chi connectivity index (χ3v) is 13.4. The number of epoxide rings is 1. The van der Waals surface area contributed by atoms with Gasteiger partial charge in [-0.05, 0) is 97.9 Å². The van der Waals surface area contributed by atoms with Gasteiger partial charge in [0.2, 0.25) is 11.5 Å². The zero-order valence-electron chi connectivity index (χ0n) is 28.3. The first kappa shape index (κ1) is 32.9. The molecule has 0 aromatic heterocycles. The molecule has 3 saturated carbocycles. The SMILES string of the molecule is CNC(=O)CC[C@]1(CCC(C)(C)[C@]2(C)CC[C@H]3C(C)(C)C(=O)[C@]4(C#N)O[C@@H]4[C@]3(C)/C2=C/C(C)=O)CCC(C)(C)CC1C. The molecule has 0 bridgehead atoms. The number of nitriles is 1. The molecule has 234 valence electrons. The standard InChI is InChI=1S/C36H56N2O4/c1-23-21-30(3,4)16-18-35(23,15-13-27(40)38-11)19-17-31(5,6)33(9)14-12-25-32(7,8)28(41)36(22-37)29(42-36)34(25,10)26(33)20-24(2)39/h20,23,25,29H,12-19,21H2,1-11H3,(H,38,40)/b26-20+/t23?,25-,29+,33+,34-,35+,36-/m0/s1. The Bertz CT molecular complexity index is 1220. The largest absolute Gasteiger partial charge is 0.359 e. The molecule has 4 rings (SSSR count). The fourth-order valence-electron chi connectivity index (χ4n) is 10.1. The van der Waals surface area contributed by atoms with Crippen LogP contribution in [0.15, 0.2) is 11.6 Å². The average molecular weight is 581 g/mol. The topological polar surface area (TPSA) is 99.6 Å². The summed E-state index contributed by atoms with van der Waals surface area (Å²) in [6.07, 6.45) is 9.90. The van der Waals surface area contributed by atoms with E-state index in [0.29, 0.717) is 17.8 Å². The summed E-state index contributed by atoms with van der Waals surface area (Å²) in [5.41, 5.74) is -1.78. The van der Waals surface area contributed by atoms with Crippen LogP contribution in [-0.2, 0) is 19.1 Å². The molecule has 6 heteroatoms. The Kier molecular flexibility index (Phi) is 8.06. The summed E-state index contributed by atoms with van der Waals surface area (Å²) in [6, 6.07) is 2.25. The Morgan fingerprint density at radius 1 is 1.10 bits per heavy atom. The minimum atomic E-state index is -1.42. The molecule has 4 fully saturated rings. The van der Waals surface area contributed by atoms with E-state index in [1.807, 2.05) is 19.9 Å². The van der Waals surface area contributed by atoms with Crippen molar-refractivity contribution in [2.45, 2.75) is 139 Å². The zero-order valence-corrected chi connectivity index (χ0v) is 28.3. The van der Waals surface area contributed by atoms with Gasteiger partial charge in [-0.15, -0.1) is 0 Å². The van der Waals surface area contributed by atoms with Crippen LogP contribution in [0.3, 0.4) is 0 Å². The summed E-state index contributed by atoms with van der Waals surface area (Å²) in [6.45, 7) is 21.8. The third kappa shape index (κ3) is 4.81. The molecule has 1 heterocycles.